The average molecular weight is 709 g/mol. The molecule has 0 saturated carbocycles. The Morgan fingerprint density at radius 2 is 1.14 bits per heavy atom. The van der Waals surface area contributed by atoms with E-state index in [-0.39, 0.29) is 32.3 Å². The van der Waals surface area contributed by atoms with Gasteiger partial charge in [-0.05, 0) is 77.2 Å². The molecule has 11 heteroatoms. The van der Waals surface area contributed by atoms with Crippen LogP contribution in [0.2, 0.25) is 0 Å². The first-order chi connectivity index (χ1) is 24.8. The van der Waals surface area contributed by atoms with E-state index in [9.17, 15) is 14.2 Å². The second-order valence-electron chi connectivity index (χ2n) is 11.5. The fraction of sp³-hybridized carbons (Fsp3) is 0.200. The van der Waals surface area contributed by atoms with Gasteiger partial charge in [-0.15, -0.1) is 0 Å². The molecule has 0 fully saturated rings. The fourth-order valence-electron chi connectivity index (χ4n) is 5.08. The molecule has 0 spiro atoms. The number of ether oxygens (including phenoxy) is 3. The molecule has 0 aliphatic rings. The van der Waals surface area contributed by atoms with Crippen molar-refractivity contribution in [3.8, 4) is 34.1 Å². The molecule has 0 heterocycles. The first-order valence-corrected chi connectivity index (χ1v) is 18.2. The molecular formula is C40H41N2O8P. The number of methoxy groups -OCH3 is 2. The van der Waals surface area contributed by atoms with Gasteiger partial charge in [-0.1, -0.05) is 84.9 Å². The molecule has 1 amide bonds. The lowest BCUT2D eigenvalue weighted by atomic mass is 10.0. The first-order valence-electron chi connectivity index (χ1n) is 16.4. The molecule has 0 bridgehead atoms. The second kappa shape index (κ2) is 18.4. The van der Waals surface area contributed by atoms with Gasteiger partial charge in [-0.25, -0.2) is 4.57 Å². The SMILES string of the molecule is COc1ccc(OP(=O)(CN[C@@H](Cc2ccc(-c3ccccc3)cc2)C(=O)NCCC(=O)OCc2ccccc2)Oc2ccc(OC)cc2)cc1. The van der Waals surface area contributed by atoms with Crippen LogP contribution in [0.1, 0.15) is 17.5 Å². The molecular weight excluding hydrogens is 667 g/mol. The Kier molecular flexibility index (Phi) is 13.3. The van der Waals surface area contributed by atoms with Crippen molar-refractivity contribution in [2.75, 3.05) is 27.1 Å². The number of rotatable bonds is 18. The Balaban J connectivity index is 1.30. The predicted molar refractivity (Wildman–Crippen MR) is 196 cm³/mol. The fourth-order valence-corrected chi connectivity index (χ4v) is 6.57. The third-order valence-corrected chi connectivity index (χ3v) is 9.38. The lowest BCUT2D eigenvalue weighted by Gasteiger charge is -2.24. The van der Waals surface area contributed by atoms with Crippen LogP contribution >= 0.6 is 7.60 Å². The van der Waals surface area contributed by atoms with Crippen molar-refractivity contribution in [1.82, 2.24) is 10.6 Å². The van der Waals surface area contributed by atoms with Crippen molar-refractivity contribution in [3.05, 3.63) is 145 Å². The van der Waals surface area contributed by atoms with Crippen LogP contribution in [0.15, 0.2) is 133 Å². The molecule has 51 heavy (non-hydrogen) atoms. The zero-order valence-corrected chi connectivity index (χ0v) is 29.4. The maximum absolute atomic E-state index is 14.4. The number of carbonyl (C=O) groups excluding carboxylic acids is 2. The van der Waals surface area contributed by atoms with Gasteiger partial charge in [-0.3, -0.25) is 14.9 Å². The number of nitrogens with one attached hydrogen (secondary N) is 2. The summed E-state index contributed by atoms with van der Waals surface area (Å²) >= 11 is 0. The molecule has 0 unspecified atom stereocenters. The number of carbonyl (C=O) groups is 2. The van der Waals surface area contributed by atoms with E-state index in [2.05, 4.69) is 10.6 Å². The van der Waals surface area contributed by atoms with Gasteiger partial charge in [0, 0.05) is 6.54 Å². The molecule has 5 rings (SSSR count). The summed E-state index contributed by atoms with van der Waals surface area (Å²) in [6, 6.07) is 39.6. The van der Waals surface area contributed by atoms with Crippen LogP contribution in [0.5, 0.6) is 23.0 Å². The molecule has 0 aliphatic carbocycles. The minimum atomic E-state index is -3.98. The molecule has 10 nitrogen and oxygen atoms in total. The lowest BCUT2D eigenvalue weighted by Crippen LogP contribution is -2.46. The zero-order valence-electron chi connectivity index (χ0n) is 28.5. The minimum absolute atomic E-state index is 0.0171. The topological polar surface area (TPSA) is 121 Å². The Morgan fingerprint density at radius 3 is 1.69 bits per heavy atom. The number of hydrogen-bond acceptors (Lipinski definition) is 9. The standard InChI is InChI=1S/C40H41N2O8P/c1-46-34-17-21-36(22-18-34)49-51(45,50-37-23-19-35(47-2)20-24-37)29-42-38(27-30-13-15-33(16-14-30)32-11-7-4-8-12-32)40(44)41-26-25-39(43)48-28-31-9-5-3-6-10-31/h3-24,38,42H,25-29H2,1-2H3,(H,41,44)/t38-/m0/s1. The lowest BCUT2D eigenvalue weighted by molar-refractivity contribution is -0.144. The zero-order chi connectivity index (χ0) is 35.9. The molecule has 0 aromatic heterocycles. The van der Waals surface area contributed by atoms with Crippen LogP contribution in [-0.4, -0.2) is 45.0 Å². The van der Waals surface area contributed by atoms with Gasteiger partial charge in [0.15, 0.2) is 0 Å². The van der Waals surface area contributed by atoms with E-state index < -0.39 is 25.5 Å². The number of benzene rings is 5. The summed E-state index contributed by atoms with van der Waals surface area (Å²) in [7, 11) is -0.889. The second-order valence-corrected chi connectivity index (χ2v) is 13.4. The molecule has 0 saturated heterocycles. The highest BCUT2D eigenvalue weighted by Gasteiger charge is 2.31. The average Bonchev–Trinajstić information content (AvgIpc) is 3.17. The van der Waals surface area contributed by atoms with Crippen LogP contribution in [0, 0.1) is 0 Å². The van der Waals surface area contributed by atoms with E-state index in [1.807, 2.05) is 84.9 Å². The maximum Gasteiger partial charge on any atom is 0.444 e. The smallest absolute Gasteiger partial charge is 0.444 e. The third-order valence-electron chi connectivity index (χ3n) is 7.83. The highest BCUT2D eigenvalue weighted by molar-refractivity contribution is 7.54. The van der Waals surface area contributed by atoms with Crippen LogP contribution in [0.25, 0.3) is 11.1 Å². The quantitative estimate of drug-likeness (QED) is 0.0707. The van der Waals surface area contributed by atoms with Crippen molar-refractivity contribution >= 4 is 19.5 Å². The van der Waals surface area contributed by atoms with Gasteiger partial charge < -0.3 is 28.6 Å². The van der Waals surface area contributed by atoms with Gasteiger partial charge in [0.1, 0.15) is 35.9 Å². The van der Waals surface area contributed by atoms with Crippen molar-refractivity contribution in [3.63, 3.8) is 0 Å². The highest BCUT2D eigenvalue weighted by atomic mass is 31.2. The predicted octanol–water partition coefficient (Wildman–Crippen LogP) is 7.43. The Hall–Kier alpha value is -5.57. The Morgan fingerprint density at radius 1 is 0.627 bits per heavy atom. The van der Waals surface area contributed by atoms with E-state index >= 15 is 0 Å². The molecule has 5 aromatic carbocycles. The molecule has 2 N–H and O–H groups in total. The van der Waals surface area contributed by atoms with E-state index in [4.69, 9.17) is 23.3 Å². The van der Waals surface area contributed by atoms with Gasteiger partial charge in [0.25, 0.3) is 0 Å². The minimum Gasteiger partial charge on any atom is -0.497 e. The van der Waals surface area contributed by atoms with Gasteiger partial charge in [-0.2, -0.15) is 0 Å². The Labute approximate surface area is 298 Å². The number of hydrogen-bond donors (Lipinski definition) is 2. The Bertz CT molecular complexity index is 1820. The van der Waals surface area contributed by atoms with Gasteiger partial charge in [0.2, 0.25) is 5.91 Å². The van der Waals surface area contributed by atoms with E-state index in [0.29, 0.717) is 23.0 Å². The van der Waals surface area contributed by atoms with Crippen LogP contribution in [0.3, 0.4) is 0 Å². The summed E-state index contributed by atoms with van der Waals surface area (Å²) in [6.45, 7) is 0.203. The molecule has 5 aromatic rings. The van der Waals surface area contributed by atoms with E-state index in [0.717, 1.165) is 22.3 Å². The van der Waals surface area contributed by atoms with Crippen molar-refractivity contribution in [1.29, 1.82) is 0 Å². The van der Waals surface area contributed by atoms with E-state index in [1.54, 1.807) is 62.8 Å². The summed E-state index contributed by atoms with van der Waals surface area (Å²) in [4.78, 5) is 26.1. The molecule has 0 radical (unpaired) electrons. The number of esters is 1. The summed E-state index contributed by atoms with van der Waals surface area (Å²) in [5.74, 6) is 0.960. The maximum atomic E-state index is 14.4. The van der Waals surface area contributed by atoms with Gasteiger partial charge in [0.05, 0.1) is 26.7 Å². The van der Waals surface area contributed by atoms with Crippen molar-refractivity contribution in [2.45, 2.75) is 25.5 Å². The van der Waals surface area contributed by atoms with Crippen LogP contribution in [-0.2, 0) is 31.9 Å². The first kappa shape index (κ1) is 36.7. The summed E-state index contributed by atoms with van der Waals surface area (Å²) in [5.41, 5.74) is 3.85. The van der Waals surface area contributed by atoms with Crippen molar-refractivity contribution < 1.29 is 37.4 Å². The van der Waals surface area contributed by atoms with E-state index in [1.165, 1.54) is 0 Å². The molecule has 1 atom stereocenters. The van der Waals surface area contributed by atoms with Crippen LogP contribution < -0.4 is 29.2 Å². The third kappa shape index (κ3) is 11.5. The molecule has 264 valence electrons. The largest absolute Gasteiger partial charge is 0.497 e. The monoisotopic (exact) mass is 708 g/mol. The summed E-state index contributed by atoms with van der Waals surface area (Å²) in [6.07, 6.45) is -0.0779. The summed E-state index contributed by atoms with van der Waals surface area (Å²) < 4.78 is 42.2. The normalized spacial score (nSPS) is 11.6. The molecule has 0 aliphatic heterocycles. The number of amides is 1. The van der Waals surface area contributed by atoms with Crippen LogP contribution in [0.4, 0.5) is 0 Å². The summed E-state index contributed by atoms with van der Waals surface area (Å²) in [5, 5.41) is 5.96. The van der Waals surface area contributed by atoms with Crippen molar-refractivity contribution in [2.24, 2.45) is 0 Å². The van der Waals surface area contributed by atoms with Gasteiger partial charge >= 0.3 is 13.6 Å². The highest BCUT2D eigenvalue weighted by Crippen LogP contribution is 2.48.